The van der Waals surface area contributed by atoms with Gasteiger partial charge in [0.15, 0.2) is 0 Å². The Bertz CT molecular complexity index is 518. The second-order valence-electron chi connectivity index (χ2n) is 5.43. The molecule has 100 valence electrons. The molecular formula is C14H21NO2S. The van der Waals surface area contributed by atoms with E-state index in [9.17, 15) is 8.42 Å². The van der Waals surface area contributed by atoms with E-state index in [0.29, 0.717) is 5.75 Å². The van der Waals surface area contributed by atoms with E-state index in [-0.39, 0.29) is 5.41 Å². The molecule has 0 aromatic heterocycles. The zero-order valence-electron chi connectivity index (χ0n) is 11.1. The fourth-order valence-corrected chi connectivity index (χ4v) is 3.44. The molecule has 18 heavy (non-hydrogen) atoms. The first-order valence-electron chi connectivity index (χ1n) is 6.38. The lowest BCUT2D eigenvalue weighted by atomic mass is 9.70. The third-order valence-electron chi connectivity index (χ3n) is 3.81. The van der Waals surface area contributed by atoms with E-state index in [0.717, 1.165) is 25.9 Å². The van der Waals surface area contributed by atoms with Crippen LogP contribution in [0.1, 0.15) is 24.0 Å². The summed E-state index contributed by atoms with van der Waals surface area (Å²) in [5, 5.41) is 3.33. The van der Waals surface area contributed by atoms with Gasteiger partial charge in [-0.3, -0.25) is 0 Å². The zero-order chi connectivity index (χ0) is 13.2. The quantitative estimate of drug-likeness (QED) is 0.882. The minimum atomic E-state index is -2.84. The fourth-order valence-electron chi connectivity index (χ4n) is 2.77. The molecule has 0 spiro atoms. The molecular weight excluding hydrogens is 246 g/mol. The van der Waals surface area contributed by atoms with Gasteiger partial charge in [0.25, 0.3) is 0 Å². The summed E-state index contributed by atoms with van der Waals surface area (Å²) in [6, 6.07) is 8.43. The molecule has 4 heteroatoms. The first-order valence-corrected chi connectivity index (χ1v) is 8.44. The highest BCUT2D eigenvalue weighted by Crippen LogP contribution is 2.35. The summed E-state index contributed by atoms with van der Waals surface area (Å²) in [5.41, 5.74) is 2.83. The minimum Gasteiger partial charge on any atom is -0.315 e. The molecule has 1 aromatic carbocycles. The number of aryl methyl sites for hydroxylation is 1. The first kappa shape index (κ1) is 13.6. The molecule has 3 nitrogen and oxygen atoms in total. The van der Waals surface area contributed by atoms with Crippen LogP contribution < -0.4 is 5.32 Å². The van der Waals surface area contributed by atoms with Crippen molar-refractivity contribution in [2.24, 2.45) is 0 Å². The predicted molar refractivity (Wildman–Crippen MR) is 74.7 cm³/mol. The van der Waals surface area contributed by atoms with Gasteiger partial charge in [-0.1, -0.05) is 24.3 Å². The number of rotatable bonds is 5. The first-order chi connectivity index (χ1) is 8.43. The maximum atomic E-state index is 11.2. The maximum absolute atomic E-state index is 11.2. The van der Waals surface area contributed by atoms with Crippen molar-refractivity contribution in [3.63, 3.8) is 0 Å². The predicted octanol–water partition coefficient (Wildman–Crippen LogP) is 1.66. The molecule has 0 saturated carbocycles. The number of sulfone groups is 1. The van der Waals surface area contributed by atoms with Crippen LogP contribution in [0.5, 0.6) is 0 Å². The van der Waals surface area contributed by atoms with Gasteiger partial charge in [-0.15, -0.1) is 0 Å². The van der Waals surface area contributed by atoms with E-state index in [4.69, 9.17) is 0 Å². The van der Waals surface area contributed by atoms with Crippen LogP contribution in [0.25, 0.3) is 0 Å². The molecule has 0 unspecified atom stereocenters. The lowest BCUT2D eigenvalue weighted by Gasteiger charge is -2.44. The molecule has 1 N–H and O–H groups in total. The Kier molecular flexibility index (Phi) is 3.78. The van der Waals surface area contributed by atoms with Gasteiger partial charge in [0.2, 0.25) is 0 Å². The number of hydrogen-bond acceptors (Lipinski definition) is 3. The second kappa shape index (κ2) is 5.02. The number of nitrogens with one attached hydrogen (secondary N) is 1. The summed E-state index contributed by atoms with van der Waals surface area (Å²) >= 11 is 0. The molecule has 0 radical (unpaired) electrons. The third kappa shape index (κ3) is 2.93. The van der Waals surface area contributed by atoms with E-state index in [1.807, 2.05) is 0 Å². The monoisotopic (exact) mass is 267 g/mol. The van der Waals surface area contributed by atoms with Crippen LogP contribution >= 0.6 is 0 Å². The SMILES string of the molecule is Cc1ccccc1C1(CCCS(C)(=O)=O)CNC1. The molecule has 2 rings (SSSR count). The molecule has 0 bridgehead atoms. The minimum absolute atomic E-state index is 0.149. The van der Waals surface area contributed by atoms with Crippen molar-refractivity contribution in [2.45, 2.75) is 25.2 Å². The number of hydrogen-bond donors (Lipinski definition) is 1. The van der Waals surface area contributed by atoms with Gasteiger partial charge in [0, 0.05) is 30.5 Å². The van der Waals surface area contributed by atoms with Crippen LogP contribution in [0.15, 0.2) is 24.3 Å². The van der Waals surface area contributed by atoms with Crippen LogP contribution in [0, 0.1) is 6.92 Å². The fraction of sp³-hybridized carbons (Fsp3) is 0.571. The standard InChI is InChI=1S/C14H21NO2S/c1-12-6-3-4-7-13(12)14(10-15-11-14)8-5-9-18(2,16)17/h3-4,6-7,15H,5,8-11H2,1-2H3. The Hall–Kier alpha value is -0.870. The Morgan fingerprint density at radius 1 is 1.28 bits per heavy atom. The van der Waals surface area contributed by atoms with Crippen molar-refractivity contribution < 1.29 is 8.42 Å². The highest BCUT2D eigenvalue weighted by molar-refractivity contribution is 7.90. The van der Waals surface area contributed by atoms with Crippen molar-refractivity contribution in [3.05, 3.63) is 35.4 Å². The summed E-state index contributed by atoms with van der Waals surface area (Å²) in [6.07, 6.45) is 3.00. The summed E-state index contributed by atoms with van der Waals surface area (Å²) < 4.78 is 22.4. The Morgan fingerprint density at radius 2 is 1.94 bits per heavy atom. The van der Waals surface area contributed by atoms with E-state index in [1.54, 1.807) is 0 Å². The topological polar surface area (TPSA) is 46.2 Å². The molecule has 1 aliphatic rings. The van der Waals surface area contributed by atoms with Gasteiger partial charge in [0.1, 0.15) is 9.84 Å². The van der Waals surface area contributed by atoms with E-state index in [1.165, 1.54) is 17.4 Å². The van der Waals surface area contributed by atoms with Crippen LogP contribution in [0.3, 0.4) is 0 Å². The van der Waals surface area contributed by atoms with Gasteiger partial charge in [-0.05, 0) is 30.9 Å². The van der Waals surface area contributed by atoms with Gasteiger partial charge < -0.3 is 5.32 Å². The summed E-state index contributed by atoms with van der Waals surface area (Å²) in [7, 11) is -2.84. The summed E-state index contributed by atoms with van der Waals surface area (Å²) in [5.74, 6) is 0.292. The van der Waals surface area contributed by atoms with Crippen LogP contribution in [0.2, 0.25) is 0 Å². The van der Waals surface area contributed by atoms with Crippen molar-refractivity contribution in [3.8, 4) is 0 Å². The van der Waals surface area contributed by atoms with Crippen molar-refractivity contribution >= 4 is 9.84 Å². The van der Waals surface area contributed by atoms with Crippen molar-refractivity contribution in [1.29, 1.82) is 0 Å². The van der Waals surface area contributed by atoms with Gasteiger partial charge in [-0.25, -0.2) is 8.42 Å². The zero-order valence-corrected chi connectivity index (χ0v) is 11.9. The Labute approximate surface area is 110 Å². The summed E-state index contributed by atoms with van der Waals surface area (Å²) in [4.78, 5) is 0. The van der Waals surface area contributed by atoms with Gasteiger partial charge >= 0.3 is 0 Å². The lowest BCUT2D eigenvalue weighted by Crippen LogP contribution is -2.57. The van der Waals surface area contributed by atoms with Crippen LogP contribution in [-0.2, 0) is 15.3 Å². The van der Waals surface area contributed by atoms with Crippen molar-refractivity contribution in [1.82, 2.24) is 5.32 Å². The average molecular weight is 267 g/mol. The molecule has 1 aromatic rings. The summed E-state index contributed by atoms with van der Waals surface area (Å²) in [6.45, 7) is 4.05. The molecule has 0 atom stereocenters. The second-order valence-corrected chi connectivity index (χ2v) is 7.69. The van der Waals surface area contributed by atoms with Gasteiger partial charge in [-0.2, -0.15) is 0 Å². The smallest absolute Gasteiger partial charge is 0.147 e. The average Bonchev–Trinajstić information content (AvgIpc) is 2.22. The lowest BCUT2D eigenvalue weighted by molar-refractivity contribution is 0.255. The van der Waals surface area contributed by atoms with E-state index in [2.05, 4.69) is 36.5 Å². The highest BCUT2D eigenvalue weighted by Gasteiger charge is 2.38. The largest absolute Gasteiger partial charge is 0.315 e. The van der Waals surface area contributed by atoms with Gasteiger partial charge in [0.05, 0.1) is 0 Å². The highest BCUT2D eigenvalue weighted by atomic mass is 32.2. The molecule has 1 fully saturated rings. The van der Waals surface area contributed by atoms with E-state index < -0.39 is 9.84 Å². The Morgan fingerprint density at radius 3 is 2.44 bits per heavy atom. The normalized spacial score (nSPS) is 18.3. The van der Waals surface area contributed by atoms with Crippen LogP contribution in [-0.4, -0.2) is 33.5 Å². The van der Waals surface area contributed by atoms with Crippen molar-refractivity contribution in [2.75, 3.05) is 25.1 Å². The molecule has 1 heterocycles. The van der Waals surface area contributed by atoms with E-state index >= 15 is 0 Å². The molecule has 1 saturated heterocycles. The number of benzene rings is 1. The van der Waals surface area contributed by atoms with Crippen LogP contribution in [0.4, 0.5) is 0 Å². The maximum Gasteiger partial charge on any atom is 0.147 e. The molecule has 0 amide bonds. The third-order valence-corrected chi connectivity index (χ3v) is 4.84. The molecule has 0 aliphatic carbocycles. The molecule has 1 aliphatic heterocycles. The Balaban J connectivity index is 2.10.